The lowest BCUT2D eigenvalue weighted by molar-refractivity contribution is -0.0629. The number of carbonyl (C=O) groups is 2. The van der Waals surface area contributed by atoms with Crippen molar-refractivity contribution in [1.29, 1.82) is 0 Å². The molecule has 5 saturated carbocycles. The van der Waals surface area contributed by atoms with Crippen LogP contribution in [0.1, 0.15) is 105 Å². The summed E-state index contributed by atoms with van der Waals surface area (Å²) in [5, 5.41) is 0. The van der Waals surface area contributed by atoms with Crippen LogP contribution < -0.4 is 5.43 Å². The molecule has 4 bridgehead atoms. The Morgan fingerprint density at radius 3 is 1.91 bits per heavy atom. The van der Waals surface area contributed by atoms with Crippen molar-refractivity contribution in [2.24, 2.45) is 23.2 Å². The molecule has 0 N–H and O–H groups in total. The van der Waals surface area contributed by atoms with Gasteiger partial charge in [0, 0.05) is 45.1 Å². The molecule has 6 heteroatoms. The molecule has 0 aliphatic heterocycles. The van der Waals surface area contributed by atoms with E-state index in [9.17, 15) is 14.4 Å². The van der Waals surface area contributed by atoms with Crippen molar-refractivity contribution < 1.29 is 9.59 Å². The summed E-state index contributed by atoms with van der Waals surface area (Å²) in [4.78, 5) is 43.9. The number of rotatable bonds is 7. The second-order valence-corrected chi connectivity index (χ2v) is 11.9. The Kier molecular flexibility index (Phi) is 6.36. The molecule has 1 heterocycles. The van der Waals surface area contributed by atoms with Crippen LogP contribution in [0, 0.1) is 23.2 Å². The summed E-state index contributed by atoms with van der Waals surface area (Å²) in [5.74, 6) is 1.99. The molecule has 1 aromatic heterocycles. The zero-order chi connectivity index (χ0) is 24.0. The lowest BCUT2D eigenvalue weighted by Gasteiger charge is -2.57. The van der Waals surface area contributed by atoms with Crippen LogP contribution in [-0.4, -0.2) is 52.9 Å². The van der Waals surface area contributed by atoms with E-state index < -0.39 is 5.43 Å². The average molecular weight is 468 g/mol. The maximum absolute atomic E-state index is 13.7. The second-order valence-electron chi connectivity index (χ2n) is 11.9. The van der Waals surface area contributed by atoms with E-state index in [1.165, 1.54) is 38.5 Å². The molecule has 6 rings (SSSR count). The highest BCUT2D eigenvalue weighted by atomic mass is 16.2. The van der Waals surface area contributed by atoms with Gasteiger partial charge in [-0.15, -0.1) is 0 Å². The molecule has 34 heavy (non-hydrogen) atoms. The van der Waals surface area contributed by atoms with E-state index in [-0.39, 0.29) is 34.4 Å². The highest BCUT2D eigenvalue weighted by Crippen LogP contribution is 2.60. The number of hydrogen-bond acceptors (Lipinski definition) is 3. The molecular weight excluding hydrogens is 426 g/mol. The largest absolute Gasteiger partial charge is 0.349 e. The van der Waals surface area contributed by atoms with E-state index in [1.54, 1.807) is 22.2 Å². The Labute approximate surface area is 203 Å². The van der Waals surface area contributed by atoms with Gasteiger partial charge in [0.05, 0.1) is 0 Å². The van der Waals surface area contributed by atoms with Gasteiger partial charge in [-0.05, 0) is 88.4 Å². The highest BCUT2D eigenvalue weighted by molar-refractivity contribution is 5.99. The minimum Gasteiger partial charge on any atom is -0.349 e. The fraction of sp³-hybridized carbons (Fsp3) is 0.750. The quantitative estimate of drug-likeness (QED) is 0.582. The van der Waals surface area contributed by atoms with Crippen molar-refractivity contribution in [3.8, 4) is 0 Å². The van der Waals surface area contributed by atoms with Crippen molar-refractivity contribution in [3.05, 3.63) is 33.7 Å². The van der Waals surface area contributed by atoms with E-state index in [2.05, 4.69) is 0 Å². The minimum atomic E-state index is -0.409. The van der Waals surface area contributed by atoms with E-state index >= 15 is 0 Å². The molecular formula is C28H41N3O3. The van der Waals surface area contributed by atoms with Gasteiger partial charge in [-0.3, -0.25) is 14.4 Å². The van der Waals surface area contributed by atoms with Crippen LogP contribution in [0.5, 0.6) is 0 Å². The number of carbonyl (C=O) groups excluding carboxylic acids is 2. The smallest absolute Gasteiger partial charge is 0.259 e. The Hall–Kier alpha value is -2.11. The van der Waals surface area contributed by atoms with Crippen LogP contribution in [0.4, 0.5) is 0 Å². The van der Waals surface area contributed by atoms with Crippen LogP contribution >= 0.6 is 0 Å². The van der Waals surface area contributed by atoms with Crippen molar-refractivity contribution >= 4 is 11.8 Å². The second kappa shape index (κ2) is 9.16. The van der Waals surface area contributed by atoms with Gasteiger partial charge in [-0.25, -0.2) is 0 Å². The number of hydrogen-bond donors (Lipinski definition) is 0. The summed E-state index contributed by atoms with van der Waals surface area (Å²) in [6, 6.07) is 0.254. The lowest BCUT2D eigenvalue weighted by atomic mass is 9.49. The maximum Gasteiger partial charge on any atom is 0.259 e. The number of nitrogens with zero attached hydrogens (tertiary/aromatic N) is 3. The fourth-order valence-corrected chi connectivity index (χ4v) is 8.26. The van der Waals surface area contributed by atoms with E-state index in [1.807, 2.05) is 25.5 Å². The number of aromatic nitrogens is 1. The van der Waals surface area contributed by atoms with Crippen molar-refractivity contribution in [3.63, 3.8) is 0 Å². The average Bonchev–Trinajstić information content (AvgIpc) is 3.33. The molecule has 1 aromatic rings. The lowest BCUT2D eigenvalue weighted by Crippen LogP contribution is -2.51. The number of amides is 2. The predicted octanol–water partition coefficient (Wildman–Crippen LogP) is 4.73. The fourth-order valence-electron chi connectivity index (χ4n) is 8.26. The van der Waals surface area contributed by atoms with Crippen molar-refractivity contribution in [1.82, 2.24) is 14.4 Å². The van der Waals surface area contributed by atoms with Crippen LogP contribution in [-0.2, 0) is 0 Å². The predicted molar refractivity (Wildman–Crippen MR) is 133 cm³/mol. The topological polar surface area (TPSA) is 62.6 Å². The molecule has 0 unspecified atom stereocenters. The molecule has 0 radical (unpaired) electrons. The monoisotopic (exact) mass is 467 g/mol. The normalized spacial score (nSPS) is 30.0. The van der Waals surface area contributed by atoms with Crippen LogP contribution in [0.25, 0.3) is 0 Å². The van der Waals surface area contributed by atoms with E-state index in [4.69, 9.17) is 0 Å². The SMILES string of the molecule is CCN(CC)C(=O)c1cn(C2CCCC2)cc(C(=O)N(C)CC23CC4CC(CC(C4)C2)C3)c1=O. The summed E-state index contributed by atoms with van der Waals surface area (Å²) in [6.07, 6.45) is 15.6. The molecule has 0 atom stereocenters. The Morgan fingerprint density at radius 1 is 0.912 bits per heavy atom. The summed E-state index contributed by atoms with van der Waals surface area (Å²) >= 11 is 0. The first kappa shape index (κ1) is 23.6. The zero-order valence-corrected chi connectivity index (χ0v) is 21.2. The standard InChI is InChI=1S/C28H41N3O3/c1-4-30(5-2)27(34)24-17-31(22-8-6-7-9-22)16-23(25(24)32)26(33)29(3)18-28-13-19-10-20(14-28)12-21(11-19)15-28/h16-17,19-22H,4-15,18H2,1-3H3. The third-order valence-electron chi connectivity index (χ3n) is 9.39. The van der Waals surface area contributed by atoms with Gasteiger partial charge in [0.25, 0.3) is 11.8 Å². The van der Waals surface area contributed by atoms with Crippen molar-refractivity contribution in [2.45, 2.75) is 84.1 Å². The Balaban J connectivity index is 1.45. The zero-order valence-electron chi connectivity index (χ0n) is 21.2. The summed E-state index contributed by atoms with van der Waals surface area (Å²) in [6.45, 7) is 5.66. The molecule has 5 aliphatic carbocycles. The first-order valence-corrected chi connectivity index (χ1v) is 13.6. The minimum absolute atomic E-state index is 0.143. The van der Waals surface area contributed by atoms with Gasteiger partial charge in [-0.1, -0.05) is 12.8 Å². The highest BCUT2D eigenvalue weighted by Gasteiger charge is 2.51. The maximum atomic E-state index is 13.7. The van der Waals surface area contributed by atoms with E-state index in [0.717, 1.165) is 50.0 Å². The third-order valence-corrected chi connectivity index (χ3v) is 9.39. The molecule has 6 nitrogen and oxygen atoms in total. The Bertz CT molecular complexity index is 967. The first-order valence-electron chi connectivity index (χ1n) is 13.6. The summed E-state index contributed by atoms with van der Waals surface area (Å²) in [5.41, 5.74) is 0.119. The van der Waals surface area contributed by atoms with Gasteiger partial charge in [0.1, 0.15) is 11.1 Å². The molecule has 0 aromatic carbocycles. The Morgan fingerprint density at radius 2 is 1.41 bits per heavy atom. The molecule has 186 valence electrons. The molecule has 5 aliphatic rings. The van der Waals surface area contributed by atoms with Crippen LogP contribution in [0.15, 0.2) is 17.2 Å². The molecule has 0 saturated heterocycles. The summed E-state index contributed by atoms with van der Waals surface area (Å²) < 4.78 is 2.00. The van der Waals surface area contributed by atoms with Crippen LogP contribution in [0.2, 0.25) is 0 Å². The first-order chi connectivity index (χ1) is 16.3. The van der Waals surface area contributed by atoms with Gasteiger partial charge in [-0.2, -0.15) is 0 Å². The van der Waals surface area contributed by atoms with E-state index in [0.29, 0.717) is 13.1 Å². The van der Waals surface area contributed by atoms with Gasteiger partial charge in [0.15, 0.2) is 0 Å². The molecule has 5 fully saturated rings. The van der Waals surface area contributed by atoms with Crippen molar-refractivity contribution in [2.75, 3.05) is 26.7 Å². The van der Waals surface area contributed by atoms with Gasteiger partial charge < -0.3 is 14.4 Å². The number of pyridine rings is 1. The summed E-state index contributed by atoms with van der Waals surface area (Å²) in [7, 11) is 1.86. The molecule has 2 amide bonds. The van der Waals surface area contributed by atoms with Gasteiger partial charge >= 0.3 is 0 Å². The van der Waals surface area contributed by atoms with Gasteiger partial charge in [0.2, 0.25) is 5.43 Å². The molecule has 0 spiro atoms. The third kappa shape index (κ3) is 4.22. The van der Waals surface area contributed by atoms with Crippen LogP contribution in [0.3, 0.4) is 0 Å².